The van der Waals surface area contributed by atoms with E-state index in [-0.39, 0.29) is 22.0 Å². The van der Waals surface area contributed by atoms with E-state index in [0.717, 1.165) is 3.33 Å². The molecule has 1 aliphatic rings. The first-order chi connectivity index (χ1) is 17.1. The second-order valence-electron chi connectivity index (χ2n) is 10.5. The van der Waals surface area contributed by atoms with Crippen LogP contribution in [-0.4, -0.2) is 67.3 Å². The Labute approximate surface area is 226 Å². The summed E-state index contributed by atoms with van der Waals surface area (Å²) in [6, 6.07) is 6.81. The maximum absolute atomic E-state index is 12.7. The van der Waals surface area contributed by atoms with Gasteiger partial charge in [0.15, 0.2) is 0 Å². The Balaban J connectivity index is 1.89. The third-order valence-corrected chi connectivity index (χ3v) is 12.2. The summed E-state index contributed by atoms with van der Waals surface area (Å²) in [5, 5.41) is 13.2. The van der Waals surface area contributed by atoms with Crippen molar-refractivity contribution in [2.45, 2.75) is 59.2 Å². The summed E-state index contributed by atoms with van der Waals surface area (Å²) in [6.45, 7) is 11.3. The van der Waals surface area contributed by atoms with Gasteiger partial charge in [-0.15, -0.1) is 0 Å². The van der Waals surface area contributed by atoms with Gasteiger partial charge < -0.3 is 10.1 Å². The van der Waals surface area contributed by atoms with Crippen molar-refractivity contribution in [2.75, 3.05) is 13.1 Å². The molecule has 0 aliphatic carbocycles. The normalized spacial score (nSPS) is 13.0. The van der Waals surface area contributed by atoms with Gasteiger partial charge >= 0.3 is 186 Å². The minimum atomic E-state index is -3.09. The molecule has 0 spiro atoms. The van der Waals surface area contributed by atoms with Gasteiger partial charge in [-0.3, -0.25) is 0 Å². The third-order valence-electron chi connectivity index (χ3n) is 4.86. The third kappa shape index (κ3) is 10.8. The number of benzene rings is 1. The predicted molar refractivity (Wildman–Crippen MR) is 145 cm³/mol. The van der Waals surface area contributed by atoms with Crippen molar-refractivity contribution in [3.8, 4) is 11.8 Å². The molecule has 1 aliphatic heterocycles. The first-order valence-corrected chi connectivity index (χ1v) is 17.2. The Bertz CT molecular complexity index is 1160. The number of hydrogen-bond acceptors (Lipinski definition) is 6. The van der Waals surface area contributed by atoms with E-state index < -0.39 is 38.7 Å². The van der Waals surface area contributed by atoms with E-state index in [4.69, 9.17) is 20.6 Å². The zero-order chi connectivity index (χ0) is 27.8. The number of rotatable bonds is 7. The molecule has 0 saturated carbocycles. The van der Waals surface area contributed by atoms with E-state index in [2.05, 4.69) is 22.5 Å². The van der Waals surface area contributed by atoms with Crippen LogP contribution in [0.5, 0.6) is 0 Å². The van der Waals surface area contributed by atoms with Crippen LogP contribution >= 0.6 is 0 Å². The van der Waals surface area contributed by atoms with Crippen molar-refractivity contribution < 1.29 is 23.9 Å². The van der Waals surface area contributed by atoms with Crippen LogP contribution < -0.4 is 16.4 Å². The van der Waals surface area contributed by atoms with Gasteiger partial charge in [-0.1, -0.05) is 0 Å². The van der Waals surface area contributed by atoms with E-state index >= 15 is 0 Å². The predicted octanol–water partition coefficient (Wildman–Crippen LogP) is 3.58. The number of alkyl carbamates (subject to hydrolysis) is 1. The van der Waals surface area contributed by atoms with Gasteiger partial charge in [-0.2, -0.15) is 0 Å². The van der Waals surface area contributed by atoms with Crippen LogP contribution in [0.15, 0.2) is 43.1 Å². The van der Waals surface area contributed by atoms with Crippen molar-refractivity contribution >= 4 is 43.0 Å². The number of nitrogens with two attached hydrogens (primary N) is 1. The second kappa shape index (κ2) is 12.9. The molecular weight excluding hydrogens is 575 g/mol. The Morgan fingerprint density at radius 2 is 1.62 bits per heavy atom. The molecule has 1 aromatic carbocycles. The number of carbonyl (C=O) groups is 3. The molecule has 0 aromatic heterocycles. The molecule has 1 heterocycles. The van der Waals surface area contributed by atoms with Crippen LogP contribution in [0.2, 0.25) is 0 Å². The van der Waals surface area contributed by atoms with Gasteiger partial charge in [0.2, 0.25) is 0 Å². The number of ether oxygens (including phenoxy) is 2. The molecule has 0 fully saturated rings. The van der Waals surface area contributed by atoms with Gasteiger partial charge in [0.05, 0.1) is 0 Å². The van der Waals surface area contributed by atoms with Crippen molar-refractivity contribution in [1.82, 2.24) is 10.6 Å². The molecular formula is C27H35InN4O5. The Kier molecular flexibility index (Phi) is 10.4. The molecule has 0 atom stereocenters. The molecule has 0 unspecified atom stereocenters. The molecule has 10 heteroatoms. The zero-order valence-corrected chi connectivity index (χ0v) is 25.6. The van der Waals surface area contributed by atoms with Crippen molar-refractivity contribution in [3.05, 3.63) is 54.2 Å². The summed E-state index contributed by atoms with van der Waals surface area (Å²) >= 11 is -3.09. The summed E-state index contributed by atoms with van der Waals surface area (Å²) in [5.41, 5.74) is 6.22. The van der Waals surface area contributed by atoms with Crippen molar-refractivity contribution in [3.63, 3.8) is 0 Å². The van der Waals surface area contributed by atoms with Gasteiger partial charge in [-0.05, 0) is 20.8 Å². The fourth-order valence-corrected chi connectivity index (χ4v) is 10.7. The van der Waals surface area contributed by atoms with E-state index in [9.17, 15) is 14.4 Å². The SMILES string of the molecule is CC(C)(C)OC(=O)NCC#Cc1ccc(C(=O)NCC[C]2=CC(C(=N)N)=[CH][In]2[C](=O)OC(C)(C)C)cc1. The van der Waals surface area contributed by atoms with Crippen LogP contribution in [0, 0.1) is 17.3 Å². The van der Waals surface area contributed by atoms with Gasteiger partial charge in [0, 0.05) is 0 Å². The molecule has 0 saturated heterocycles. The molecule has 0 bridgehead atoms. The average molecular weight is 610 g/mol. The number of hydrogen-bond donors (Lipinski definition) is 4. The fraction of sp³-hybridized carbons (Fsp3) is 0.407. The monoisotopic (exact) mass is 610 g/mol. The summed E-state index contributed by atoms with van der Waals surface area (Å²) in [5.74, 6) is 5.45. The molecule has 2 amide bonds. The number of carbonyl (C=O) groups excluding carboxylic acids is 3. The molecule has 0 radical (unpaired) electrons. The number of nitrogens with one attached hydrogen (secondary N) is 3. The molecule has 9 nitrogen and oxygen atoms in total. The minimum absolute atomic E-state index is 0.0758. The standard InChI is InChI=1S/C22H26N4O3.C5H9O2.In/c1-16(19(23)24)8-5-6-14-25-20(27)18-12-10-17(11-13-18)9-7-15-26-21(28)29-22(2,3)4;1-5(2,3)7-4-6;/h1,8,10-13H,6,14-15H2,2-4H3,(H3,23,24)(H,25,27)(H,26,28);1-3H3;. The summed E-state index contributed by atoms with van der Waals surface area (Å²) in [4.78, 5) is 36.9. The van der Waals surface area contributed by atoms with Gasteiger partial charge in [0.25, 0.3) is 0 Å². The second-order valence-corrected chi connectivity index (χ2v) is 17.6. The van der Waals surface area contributed by atoms with Crippen molar-refractivity contribution in [1.29, 1.82) is 5.41 Å². The van der Waals surface area contributed by atoms with Crippen LogP contribution in [0.1, 0.15) is 63.9 Å². The number of amidine groups is 1. The van der Waals surface area contributed by atoms with E-state index in [1.54, 1.807) is 51.1 Å². The van der Waals surface area contributed by atoms with E-state index in [0.29, 0.717) is 29.7 Å². The van der Waals surface area contributed by atoms with Gasteiger partial charge in [-0.25, -0.2) is 4.79 Å². The topological polar surface area (TPSA) is 144 Å². The summed E-state index contributed by atoms with van der Waals surface area (Å²) < 4.78 is 13.3. The Hall–Kier alpha value is -3.19. The fourth-order valence-electron chi connectivity index (χ4n) is 3.31. The molecule has 2 rings (SSSR count). The first kappa shape index (κ1) is 30.0. The van der Waals surface area contributed by atoms with Crippen LogP contribution in [-0.2, 0) is 9.47 Å². The average Bonchev–Trinajstić information content (AvgIpc) is 3.19. The maximum atomic E-state index is 12.7. The first-order valence-electron chi connectivity index (χ1n) is 12.0. The van der Waals surface area contributed by atoms with E-state index in [1.807, 2.05) is 24.6 Å². The summed E-state index contributed by atoms with van der Waals surface area (Å²) in [7, 11) is 0. The quantitative estimate of drug-likeness (QED) is 0.211. The molecule has 196 valence electrons. The van der Waals surface area contributed by atoms with Crippen LogP contribution in [0.3, 0.4) is 0 Å². The molecule has 5 N–H and O–H groups in total. The van der Waals surface area contributed by atoms with E-state index in [1.165, 1.54) is 0 Å². The Morgan fingerprint density at radius 1 is 1.00 bits per heavy atom. The molecule has 1 aromatic rings. The summed E-state index contributed by atoms with van der Waals surface area (Å²) in [6.07, 6.45) is 1.76. The zero-order valence-electron chi connectivity index (χ0n) is 22.3. The van der Waals surface area contributed by atoms with Gasteiger partial charge in [0.1, 0.15) is 5.60 Å². The Morgan fingerprint density at radius 3 is 2.19 bits per heavy atom. The van der Waals surface area contributed by atoms with Crippen molar-refractivity contribution in [2.24, 2.45) is 5.73 Å². The van der Waals surface area contributed by atoms with Crippen LogP contribution in [0.25, 0.3) is 0 Å². The molecule has 37 heavy (non-hydrogen) atoms. The van der Waals surface area contributed by atoms with Crippen LogP contribution in [0.4, 0.5) is 9.59 Å². The number of amides is 2.